The highest BCUT2D eigenvalue weighted by Crippen LogP contribution is 2.14. The lowest BCUT2D eigenvalue weighted by atomic mass is 10.1. The number of sulfone groups is 1. The lowest BCUT2D eigenvalue weighted by Gasteiger charge is -2.43. The Balaban J connectivity index is 1.84. The summed E-state index contributed by atoms with van der Waals surface area (Å²) in [7, 11) is -3.06. The second-order valence-electron chi connectivity index (χ2n) is 4.98. The van der Waals surface area contributed by atoms with E-state index in [9.17, 15) is 13.2 Å². The Labute approximate surface area is 108 Å². The molecule has 6 nitrogen and oxygen atoms in total. The minimum atomic E-state index is -3.06. The number of carbonyl (C=O) groups is 1. The first-order chi connectivity index (χ1) is 8.46. The van der Waals surface area contributed by atoms with E-state index >= 15 is 0 Å². The molecule has 0 aliphatic carbocycles. The van der Waals surface area contributed by atoms with Crippen molar-refractivity contribution >= 4 is 15.7 Å². The van der Waals surface area contributed by atoms with Gasteiger partial charge < -0.3 is 9.64 Å². The molecule has 2 saturated heterocycles. The minimum Gasteiger partial charge on any atom is -0.378 e. The van der Waals surface area contributed by atoms with Gasteiger partial charge in [-0.2, -0.15) is 0 Å². The van der Waals surface area contributed by atoms with Gasteiger partial charge in [-0.1, -0.05) is 0 Å². The number of ether oxygens (including phenoxy) is 1. The van der Waals surface area contributed by atoms with E-state index in [1.807, 2.05) is 0 Å². The quantitative estimate of drug-likeness (QED) is 0.659. The molecular weight excluding hydrogens is 256 g/mol. The maximum atomic E-state index is 11.9. The van der Waals surface area contributed by atoms with Gasteiger partial charge in [-0.05, 0) is 0 Å². The summed E-state index contributed by atoms with van der Waals surface area (Å²) in [6, 6.07) is 0.273. The molecule has 0 aromatic rings. The third kappa shape index (κ3) is 3.66. The van der Waals surface area contributed by atoms with Gasteiger partial charge in [0.15, 0.2) is 0 Å². The fourth-order valence-corrected chi connectivity index (χ4v) is 2.95. The summed E-state index contributed by atoms with van der Waals surface area (Å²) >= 11 is 0. The average Bonchev–Trinajstić information content (AvgIpc) is 2.34. The van der Waals surface area contributed by atoms with Crippen LogP contribution in [0, 0.1) is 0 Å². The van der Waals surface area contributed by atoms with Crippen molar-refractivity contribution in [2.75, 3.05) is 51.4 Å². The highest BCUT2D eigenvalue weighted by molar-refractivity contribution is 7.90. The summed E-state index contributed by atoms with van der Waals surface area (Å²) in [5, 5.41) is 0. The van der Waals surface area contributed by atoms with Crippen LogP contribution in [0.15, 0.2) is 0 Å². The molecule has 1 atom stereocenters. The summed E-state index contributed by atoms with van der Waals surface area (Å²) in [5.74, 6) is -0.127. The van der Waals surface area contributed by atoms with E-state index in [1.54, 1.807) is 4.90 Å². The topological polar surface area (TPSA) is 66.9 Å². The number of carbonyl (C=O) groups excluding carboxylic acids is 1. The van der Waals surface area contributed by atoms with E-state index in [2.05, 4.69) is 4.90 Å². The molecule has 0 bridgehead atoms. The van der Waals surface area contributed by atoms with E-state index in [0.717, 1.165) is 26.0 Å². The Morgan fingerprint density at radius 1 is 1.33 bits per heavy atom. The van der Waals surface area contributed by atoms with Crippen molar-refractivity contribution in [1.82, 2.24) is 9.80 Å². The van der Waals surface area contributed by atoms with Crippen LogP contribution >= 0.6 is 0 Å². The van der Waals surface area contributed by atoms with Crippen molar-refractivity contribution in [3.05, 3.63) is 0 Å². The lowest BCUT2D eigenvalue weighted by molar-refractivity contribution is -0.136. The Morgan fingerprint density at radius 2 is 2.11 bits per heavy atom. The molecule has 2 rings (SSSR count). The van der Waals surface area contributed by atoms with Crippen LogP contribution in [-0.4, -0.2) is 81.6 Å². The predicted molar refractivity (Wildman–Crippen MR) is 67.1 cm³/mol. The summed E-state index contributed by atoms with van der Waals surface area (Å²) in [4.78, 5) is 16.0. The number of fused-ring (bicyclic) bond motifs is 1. The monoisotopic (exact) mass is 276 g/mol. The minimum absolute atomic E-state index is 0.0623. The van der Waals surface area contributed by atoms with Gasteiger partial charge >= 0.3 is 0 Å². The standard InChI is InChI=1S/C11H20N2O4S/c1-18(15,16)7-2-11(14)13-4-3-12-5-6-17-9-10(12)8-13/h10H,2-9H2,1H3. The Kier molecular flexibility index (Phi) is 4.24. The van der Waals surface area contributed by atoms with Crippen molar-refractivity contribution in [1.29, 1.82) is 0 Å². The molecule has 104 valence electrons. The molecule has 2 heterocycles. The molecule has 18 heavy (non-hydrogen) atoms. The summed E-state index contributed by atoms with van der Waals surface area (Å²) in [6.45, 7) is 4.56. The molecule has 0 radical (unpaired) electrons. The van der Waals surface area contributed by atoms with Gasteiger partial charge in [0.05, 0.1) is 25.0 Å². The van der Waals surface area contributed by atoms with Crippen LogP contribution in [0.2, 0.25) is 0 Å². The van der Waals surface area contributed by atoms with Crippen LogP contribution in [0.1, 0.15) is 6.42 Å². The Bertz CT molecular complexity index is 409. The second-order valence-corrected chi connectivity index (χ2v) is 7.24. The van der Waals surface area contributed by atoms with E-state index in [4.69, 9.17) is 4.74 Å². The molecule has 0 spiro atoms. The van der Waals surface area contributed by atoms with Gasteiger partial charge in [0, 0.05) is 38.9 Å². The zero-order valence-electron chi connectivity index (χ0n) is 10.7. The van der Waals surface area contributed by atoms with Gasteiger partial charge in [0.25, 0.3) is 0 Å². The molecule has 2 aliphatic heterocycles. The summed E-state index contributed by atoms with van der Waals surface area (Å²) in [6.07, 6.45) is 1.25. The van der Waals surface area contributed by atoms with Crippen molar-refractivity contribution < 1.29 is 17.9 Å². The third-order valence-electron chi connectivity index (χ3n) is 3.48. The third-order valence-corrected chi connectivity index (χ3v) is 4.42. The van der Waals surface area contributed by atoms with Crippen molar-refractivity contribution in [3.63, 3.8) is 0 Å². The Hall–Kier alpha value is -0.660. The largest absolute Gasteiger partial charge is 0.378 e. The van der Waals surface area contributed by atoms with Gasteiger partial charge in [-0.25, -0.2) is 8.42 Å². The predicted octanol–water partition coefficient (Wildman–Crippen LogP) is -1.04. The smallest absolute Gasteiger partial charge is 0.223 e. The van der Waals surface area contributed by atoms with E-state index in [0.29, 0.717) is 19.7 Å². The zero-order valence-corrected chi connectivity index (χ0v) is 11.5. The number of piperazine rings is 1. The number of hydrogen-bond acceptors (Lipinski definition) is 5. The highest BCUT2D eigenvalue weighted by atomic mass is 32.2. The van der Waals surface area contributed by atoms with Crippen molar-refractivity contribution in [2.24, 2.45) is 0 Å². The van der Waals surface area contributed by atoms with Crippen molar-refractivity contribution in [2.45, 2.75) is 12.5 Å². The molecule has 7 heteroatoms. The van der Waals surface area contributed by atoms with Crippen molar-refractivity contribution in [3.8, 4) is 0 Å². The van der Waals surface area contributed by atoms with Crippen LogP contribution in [-0.2, 0) is 19.4 Å². The second kappa shape index (κ2) is 5.54. The molecule has 0 aromatic heterocycles. The normalized spacial score (nSPS) is 25.8. The van der Waals surface area contributed by atoms with E-state index in [-0.39, 0.29) is 24.1 Å². The number of rotatable bonds is 3. The molecule has 0 N–H and O–H groups in total. The maximum absolute atomic E-state index is 11.9. The molecule has 0 aromatic carbocycles. The number of hydrogen-bond donors (Lipinski definition) is 0. The van der Waals surface area contributed by atoms with Crippen LogP contribution in [0.25, 0.3) is 0 Å². The molecule has 1 amide bonds. The molecule has 0 saturated carbocycles. The number of nitrogens with zero attached hydrogens (tertiary/aromatic N) is 2. The zero-order chi connectivity index (χ0) is 13.2. The van der Waals surface area contributed by atoms with Gasteiger partial charge in [-0.3, -0.25) is 9.69 Å². The maximum Gasteiger partial charge on any atom is 0.223 e. The first kappa shape index (κ1) is 13.8. The van der Waals surface area contributed by atoms with Crippen LogP contribution in [0.3, 0.4) is 0 Å². The summed E-state index contributed by atoms with van der Waals surface area (Å²) < 4.78 is 27.5. The number of morpholine rings is 1. The van der Waals surface area contributed by atoms with E-state index < -0.39 is 9.84 Å². The SMILES string of the molecule is CS(=O)(=O)CCC(=O)N1CCN2CCOCC2C1. The first-order valence-corrected chi connectivity index (χ1v) is 8.29. The number of amides is 1. The molecule has 1 unspecified atom stereocenters. The average molecular weight is 276 g/mol. The molecular formula is C11H20N2O4S. The van der Waals surface area contributed by atoms with Gasteiger partial charge in [0.1, 0.15) is 9.84 Å². The van der Waals surface area contributed by atoms with E-state index in [1.165, 1.54) is 0 Å². The fraction of sp³-hybridized carbons (Fsp3) is 0.909. The first-order valence-electron chi connectivity index (χ1n) is 6.23. The lowest BCUT2D eigenvalue weighted by Crippen LogP contribution is -2.59. The molecule has 2 fully saturated rings. The molecule has 2 aliphatic rings. The van der Waals surface area contributed by atoms with Crippen LogP contribution in [0.5, 0.6) is 0 Å². The Morgan fingerprint density at radius 3 is 2.83 bits per heavy atom. The fourth-order valence-electron chi connectivity index (χ4n) is 2.40. The van der Waals surface area contributed by atoms with Gasteiger partial charge in [-0.15, -0.1) is 0 Å². The van der Waals surface area contributed by atoms with Crippen LogP contribution in [0.4, 0.5) is 0 Å². The highest BCUT2D eigenvalue weighted by Gasteiger charge is 2.31. The van der Waals surface area contributed by atoms with Crippen LogP contribution < -0.4 is 0 Å². The van der Waals surface area contributed by atoms with Gasteiger partial charge in [0.2, 0.25) is 5.91 Å². The summed E-state index contributed by atoms with van der Waals surface area (Å²) in [5.41, 5.74) is 0.